The Morgan fingerprint density at radius 2 is 1.89 bits per heavy atom. The summed E-state index contributed by atoms with van der Waals surface area (Å²) in [7, 11) is 1.59. The van der Waals surface area contributed by atoms with Crippen molar-refractivity contribution in [2.24, 2.45) is 0 Å². The summed E-state index contributed by atoms with van der Waals surface area (Å²) in [6.07, 6.45) is 0.224. The number of carbonyl (C=O) groups is 1. The van der Waals surface area contributed by atoms with E-state index in [2.05, 4.69) is 4.90 Å². The molecule has 2 fully saturated rings. The van der Waals surface area contributed by atoms with Crippen molar-refractivity contribution in [2.75, 3.05) is 59.7 Å². The van der Waals surface area contributed by atoms with Crippen LogP contribution in [0.15, 0.2) is 42.5 Å². The maximum absolute atomic E-state index is 13.2. The number of methoxy groups -OCH3 is 1. The fraction of sp³-hybridized carbons (Fsp3) is 0.500. The van der Waals surface area contributed by atoms with Gasteiger partial charge in [-0.15, -0.1) is 0 Å². The molecular weight excluding hydrogens is 472 g/mol. The Balaban J connectivity index is 1.49. The van der Waals surface area contributed by atoms with Crippen molar-refractivity contribution in [3.63, 3.8) is 0 Å². The summed E-state index contributed by atoms with van der Waals surface area (Å²) in [5.74, 6) is 1.39. The van der Waals surface area contributed by atoms with Crippen LogP contribution in [0, 0.1) is 0 Å². The Hall–Kier alpha value is -2.36. The summed E-state index contributed by atoms with van der Waals surface area (Å²) in [6, 6.07) is 13.0. The summed E-state index contributed by atoms with van der Waals surface area (Å²) in [4.78, 5) is 17.3. The first kappa shape index (κ1) is 25.7. The summed E-state index contributed by atoms with van der Waals surface area (Å²) < 4.78 is 23.1. The lowest BCUT2D eigenvalue weighted by Crippen LogP contribution is -2.57. The normalized spacial score (nSPS) is 21.1. The lowest BCUT2D eigenvalue weighted by molar-refractivity contribution is -0.159. The van der Waals surface area contributed by atoms with Gasteiger partial charge < -0.3 is 29.0 Å². The molecule has 190 valence electrons. The van der Waals surface area contributed by atoms with Gasteiger partial charge in [-0.1, -0.05) is 17.7 Å². The minimum Gasteiger partial charge on any atom is -0.496 e. The van der Waals surface area contributed by atoms with Crippen molar-refractivity contribution in [2.45, 2.75) is 25.2 Å². The van der Waals surface area contributed by atoms with Crippen LogP contribution >= 0.6 is 11.6 Å². The number of ether oxygens (including phenoxy) is 4. The molecule has 1 atom stereocenters. The molecule has 0 saturated carbocycles. The Labute approximate surface area is 211 Å². The molecular formula is C26H33ClN2O6. The maximum Gasteiger partial charge on any atom is 0.225 e. The van der Waals surface area contributed by atoms with Crippen molar-refractivity contribution >= 4 is 17.5 Å². The maximum atomic E-state index is 13.2. The van der Waals surface area contributed by atoms with Crippen molar-refractivity contribution in [3.8, 4) is 11.5 Å². The van der Waals surface area contributed by atoms with E-state index < -0.39 is 5.60 Å². The van der Waals surface area contributed by atoms with E-state index >= 15 is 0 Å². The highest BCUT2D eigenvalue weighted by Crippen LogP contribution is 2.28. The first-order valence-corrected chi connectivity index (χ1v) is 12.2. The first-order valence-electron chi connectivity index (χ1n) is 11.9. The largest absolute Gasteiger partial charge is 0.496 e. The Bertz CT molecular complexity index is 982. The van der Waals surface area contributed by atoms with Crippen LogP contribution in [-0.4, -0.2) is 86.1 Å². The molecule has 35 heavy (non-hydrogen) atoms. The molecule has 1 amide bonds. The third-order valence-electron chi connectivity index (χ3n) is 6.40. The molecule has 0 spiro atoms. The molecule has 1 N–H and O–H groups in total. The van der Waals surface area contributed by atoms with Crippen LogP contribution in [0.2, 0.25) is 5.02 Å². The quantitative estimate of drug-likeness (QED) is 0.562. The molecule has 2 saturated heterocycles. The minimum atomic E-state index is -0.792. The molecule has 2 aliphatic heterocycles. The lowest BCUT2D eigenvalue weighted by atomic mass is 9.96. The predicted molar refractivity (Wildman–Crippen MR) is 132 cm³/mol. The molecule has 0 aliphatic carbocycles. The molecule has 9 heteroatoms. The highest BCUT2D eigenvalue weighted by molar-refractivity contribution is 6.30. The summed E-state index contributed by atoms with van der Waals surface area (Å²) in [6.45, 7) is 4.86. The monoisotopic (exact) mass is 504 g/mol. The van der Waals surface area contributed by atoms with E-state index in [1.165, 1.54) is 0 Å². The second kappa shape index (κ2) is 12.1. The lowest BCUT2D eigenvalue weighted by Gasteiger charge is -2.43. The number of rotatable bonds is 9. The van der Waals surface area contributed by atoms with Gasteiger partial charge in [-0.05, 0) is 42.0 Å². The van der Waals surface area contributed by atoms with Gasteiger partial charge in [0.2, 0.25) is 5.91 Å². The molecule has 2 aromatic carbocycles. The average Bonchev–Trinajstić information content (AvgIpc) is 2.89. The molecule has 8 nitrogen and oxygen atoms in total. The van der Waals surface area contributed by atoms with Crippen LogP contribution in [0.1, 0.15) is 17.5 Å². The van der Waals surface area contributed by atoms with Gasteiger partial charge in [0.15, 0.2) is 0 Å². The number of amides is 1. The zero-order valence-corrected chi connectivity index (χ0v) is 20.8. The summed E-state index contributed by atoms with van der Waals surface area (Å²) in [5.41, 5.74) is 1.02. The van der Waals surface area contributed by atoms with Crippen LogP contribution in [0.4, 0.5) is 0 Å². The number of aliphatic hydroxyl groups is 1. The number of nitrogens with zero attached hydrogens (tertiary/aromatic N) is 2. The van der Waals surface area contributed by atoms with E-state index in [0.29, 0.717) is 62.5 Å². The van der Waals surface area contributed by atoms with Crippen LogP contribution < -0.4 is 9.47 Å². The number of aliphatic hydroxyl groups excluding tert-OH is 1. The molecule has 0 radical (unpaired) electrons. The second-order valence-corrected chi connectivity index (χ2v) is 9.40. The zero-order valence-electron chi connectivity index (χ0n) is 20.1. The van der Waals surface area contributed by atoms with Crippen LogP contribution in [-0.2, 0) is 27.4 Å². The van der Waals surface area contributed by atoms with Crippen molar-refractivity contribution in [1.82, 2.24) is 9.80 Å². The van der Waals surface area contributed by atoms with Gasteiger partial charge in [0.25, 0.3) is 0 Å². The standard InChI is InChI=1S/C26H33ClN2O6/c1-32-24-7-2-20(14-21(24)17-30)16-28-8-13-35-26(18-28,15-25(31)29-9-11-33-12-10-29)19-34-23-5-3-22(27)4-6-23/h2-7,14,30H,8-13,15-19H2,1H3/t26-/m0/s1. The topological polar surface area (TPSA) is 80.7 Å². The highest BCUT2D eigenvalue weighted by Gasteiger charge is 2.41. The zero-order chi connectivity index (χ0) is 24.7. The SMILES string of the molecule is COc1ccc(CN2CCO[C@@](COc3ccc(Cl)cc3)(CC(=O)N3CCOCC3)C2)cc1CO. The van der Waals surface area contributed by atoms with Gasteiger partial charge in [-0.25, -0.2) is 0 Å². The molecule has 0 unspecified atom stereocenters. The Morgan fingerprint density at radius 1 is 1.11 bits per heavy atom. The third-order valence-corrected chi connectivity index (χ3v) is 6.65. The van der Waals surface area contributed by atoms with E-state index in [4.69, 9.17) is 30.5 Å². The predicted octanol–water partition coefficient (Wildman–Crippen LogP) is 2.74. The molecule has 2 heterocycles. The third kappa shape index (κ3) is 6.86. The molecule has 0 bridgehead atoms. The molecule has 2 aromatic rings. The second-order valence-electron chi connectivity index (χ2n) is 8.96. The fourth-order valence-corrected chi connectivity index (χ4v) is 4.69. The van der Waals surface area contributed by atoms with Crippen LogP contribution in [0.3, 0.4) is 0 Å². The van der Waals surface area contributed by atoms with E-state index in [1.54, 1.807) is 19.2 Å². The van der Waals surface area contributed by atoms with Gasteiger partial charge in [0.1, 0.15) is 23.7 Å². The number of hydrogen-bond acceptors (Lipinski definition) is 7. The number of carbonyl (C=O) groups excluding carboxylic acids is 1. The van der Waals surface area contributed by atoms with E-state index in [9.17, 15) is 9.90 Å². The Kier molecular flexibility index (Phi) is 8.86. The Morgan fingerprint density at radius 3 is 2.60 bits per heavy atom. The molecule has 2 aliphatic rings. The van der Waals surface area contributed by atoms with Gasteiger partial charge in [-0.2, -0.15) is 0 Å². The summed E-state index contributed by atoms with van der Waals surface area (Å²) in [5, 5.41) is 10.3. The van der Waals surface area contributed by atoms with E-state index in [1.807, 2.05) is 35.2 Å². The van der Waals surface area contributed by atoms with Gasteiger partial charge >= 0.3 is 0 Å². The van der Waals surface area contributed by atoms with Crippen molar-refractivity contribution in [1.29, 1.82) is 0 Å². The van der Waals surface area contributed by atoms with Gasteiger partial charge in [0.05, 0.1) is 40.0 Å². The van der Waals surface area contributed by atoms with Gasteiger partial charge in [0, 0.05) is 43.3 Å². The van der Waals surface area contributed by atoms with E-state index in [-0.39, 0.29) is 25.5 Å². The number of halogens is 1. The fourth-order valence-electron chi connectivity index (χ4n) is 4.56. The smallest absolute Gasteiger partial charge is 0.225 e. The highest BCUT2D eigenvalue weighted by atomic mass is 35.5. The number of hydrogen-bond donors (Lipinski definition) is 1. The number of morpholine rings is 2. The van der Waals surface area contributed by atoms with Gasteiger partial charge in [-0.3, -0.25) is 9.69 Å². The first-order chi connectivity index (χ1) is 17.0. The van der Waals surface area contributed by atoms with Crippen molar-refractivity contribution in [3.05, 3.63) is 58.6 Å². The average molecular weight is 505 g/mol. The molecule has 0 aromatic heterocycles. The minimum absolute atomic E-state index is 0.0434. The molecule has 4 rings (SSSR count). The summed E-state index contributed by atoms with van der Waals surface area (Å²) >= 11 is 6.01. The van der Waals surface area contributed by atoms with Crippen LogP contribution in [0.25, 0.3) is 0 Å². The van der Waals surface area contributed by atoms with Crippen LogP contribution in [0.5, 0.6) is 11.5 Å². The van der Waals surface area contributed by atoms with Crippen molar-refractivity contribution < 1.29 is 28.8 Å². The van der Waals surface area contributed by atoms with E-state index in [0.717, 1.165) is 17.7 Å². The number of benzene rings is 2.